The molecule has 1 unspecified atom stereocenters. The van der Waals surface area contributed by atoms with Crippen molar-refractivity contribution in [3.05, 3.63) is 12.4 Å². The van der Waals surface area contributed by atoms with Crippen LogP contribution in [0.25, 0.3) is 0 Å². The van der Waals surface area contributed by atoms with Crippen molar-refractivity contribution in [3.63, 3.8) is 0 Å². The lowest BCUT2D eigenvalue weighted by Crippen LogP contribution is -2.17. The van der Waals surface area contributed by atoms with Crippen molar-refractivity contribution in [1.29, 1.82) is 0 Å². The van der Waals surface area contributed by atoms with E-state index >= 15 is 0 Å². The van der Waals surface area contributed by atoms with Gasteiger partial charge in [0.05, 0.1) is 24.6 Å². The van der Waals surface area contributed by atoms with Gasteiger partial charge in [-0.25, -0.2) is 0 Å². The third-order valence-electron chi connectivity index (χ3n) is 2.67. The SMILES string of the molecule is Nc1cnn(CC(=O)OCCC2CCCO2)c1. The molecule has 2 heterocycles. The third-order valence-corrected chi connectivity index (χ3v) is 2.67. The van der Waals surface area contributed by atoms with E-state index < -0.39 is 0 Å². The molecule has 6 nitrogen and oxygen atoms in total. The summed E-state index contributed by atoms with van der Waals surface area (Å²) in [6, 6.07) is 0. The molecular formula is C11H17N3O3. The number of carbonyl (C=O) groups excluding carboxylic acids is 1. The minimum absolute atomic E-state index is 0.0999. The molecule has 2 N–H and O–H groups in total. The number of nitrogens with two attached hydrogens (primary N) is 1. The molecule has 0 amide bonds. The number of nitrogen functional groups attached to an aromatic ring is 1. The number of nitrogens with zero attached hydrogens (tertiary/aromatic N) is 2. The van der Waals surface area contributed by atoms with E-state index in [2.05, 4.69) is 5.10 Å². The topological polar surface area (TPSA) is 79.4 Å². The fraction of sp³-hybridized carbons (Fsp3) is 0.636. The molecule has 6 heteroatoms. The van der Waals surface area contributed by atoms with Crippen molar-refractivity contribution in [2.24, 2.45) is 0 Å². The van der Waals surface area contributed by atoms with Crippen LogP contribution in [-0.2, 0) is 20.8 Å². The fourth-order valence-corrected chi connectivity index (χ4v) is 1.82. The molecular weight excluding hydrogens is 222 g/mol. The second-order valence-electron chi connectivity index (χ2n) is 4.12. The van der Waals surface area contributed by atoms with Crippen LogP contribution in [0.1, 0.15) is 19.3 Å². The van der Waals surface area contributed by atoms with Gasteiger partial charge >= 0.3 is 5.97 Å². The van der Waals surface area contributed by atoms with Crippen molar-refractivity contribution < 1.29 is 14.3 Å². The van der Waals surface area contributed by atoms with Crippen LogP contribution in [0.2, 0.25) is 0 Å². The molecule has 2 rings (SSSR count). The van der Waals surface area contributed by atoms with Crippen LogP contribution >= 0.6 is 0 Å². The predicted octanol–water partition coefficient (Wildman–Crippen LogP) is 0.578. The van der Waals surface area contributed by atoms with Gasteiger partial charge in [0, 0.05) is 19.2 Å². The van der Waals surface area contributed by atoms with Gasteiger partial charge in [0.1, 0.15) is 6.54 Å². The van der Waals surface area contributed by atoms with Crippen LogP contribution in [0.5, 0.6) is 0 Å². The summed E-state index contributed by atoms with van der Waals surface area (Å²) in [5.41, 5.74) is 6.02. The van der Waals surface area contributed by atoms with Gasteiger partial charge in [-0.15, -0.1) is 0 Å². The molecule has 94 valence electrons. The molecule has 0 radical (unpaired) electrons. The van der Waals surface area contributed by atoms with Gasteiger partial charge in [-0.2, -0.15) is 5.10 Å². The fourth-order valence-electron chi connectivity index (χ4n) is 1.82. The molecule has 0 saturated carbocycles. The Labute approximate surface area is 99.7 Å². The first-order valence-electron chi connectivity index (χ1n) is 5.79. The Hall–Kier alpha value is -1.56. The van der Waals surface area contributed by atoms with Gasteiger partial charge in [0.15, 0.2) is 0 Å². The molecule has 1 saturated heterocycles. The molecule has 1 atom stereocenters. The number of ether oxygens (including phenoxy) is 2. The minimum atomic E-state index is -0.300. The number of rotatable bonds is 5. The number of hydrogen-bond donors (Lipinski definition) is 1. The molecule has 1 aliphatic rings. The Balaban J connectivity index is 1.63. The first kappa shape index (κ1) is 11.9. The highest BCUT2D eigenvalue weighted by molar-refractivity contribution is 5.69. The minimum Gasteiger partial charge on any atom is -0.464 e. The van der Waals surface area contributed by atoms with Crippen molar-refractivity contribution in [2.45, 2.75) is 31.9 Å². The zero-order chi connectivity index (χ0) is 12.1. The third kappa shape index (κ3) is 3.74. The standard InChI is InChI=1S/C11H17N3O3/c12-9-6-13-14(7-9)8-11(15)17-5-3-10-2-1-4-16-10/h6-7,10H,1-5,8,12H2. The second kappa shape index (κ2) is 5.67. The summed E-state index contributed by atoms with van der Waals surface area (Å²) in [6.45, 7) is 1.33. The molecule has 0 aliphatic carbocycles. The number of hydrogen-bond acceptors (Lipinski definition) is 5. The zero-order valence-corrected chi connectivity index (χ0v) is 9.67. The first-order chi connectivity index (χ1) is 8.24. The van der Waals surface area contributed by atoms with Crippen molar-refractivity contribution in [2.75, 3.05) is 18.9 Å². The molecule has 1 fully saturated rings. The highest BCUT2D eigenvalue weighted by Gasteiger charge is 2.15. The highest BCUT2D eigenvalue weighted by atomic mass is 16.5. The van der Waals surface area contributed by atoms with Crippen LogP contribution < -0.4 is 5.73 Å². The summed E-state index contributed by atoms with van der Waals surface area (Å²) in [5, 5.41) is 3.91. The first-order valence-corrected chi connectivity index (χ1v) is 5.79. The molecule has 0 aromatic carbocycles. The van der Waals surface area contributed by atoms with Crippen molar-refractivity contribution in [1.82, 2.24) is 9.78 Å². The van der Waals surface area contributed by atoms with Crippen LogP contribution in [0.3, 0.4) is 0 Å². The van der Waals surface area contributed by atoms with Gasteiger partial charge in [-0.05, 0) is 12.8 Å². The number of esters is 1. The van der Waals surface area contributed by atoms with E-state index in [0.29, 0.717) is 12.3 Å². The normalized spacial score (nSPS) is 19.4. The highest BCUT2D eigenvalue weighted by Crippen LogP contribution is 2.14. The lowest BCUT2D eigenvalue weighted by molar-refractivity contribution is -0.145. The van der Waals surface area contributed by atoms with Crippen molar-refractivity contribution >= 4 is 11.7 Å². The molecule has 1 aliphatic heterocycles. The average molecular weight is 239 g/mol. The Kier molecular flexibility index (Phi) is 3.98. The summed E-state index contributed by atoms with van der Waals surface area (Å²) >= 11 is 0. The van der Waals surface area contributed by atoms with Crippen molar-refractivity contribution in [3.8, 4) is 0 Å². The maximum Gasteiger partial charge on any atom is 0.327 e. The van der Waals surface area contributed by atoms with Crippen LogP contribution in [0.15, 0.2) is 12.4 Å². The molecule has 0 spiro atoms. The number of anilines is 1. The van der Waals surface area contributed by atoms with Crippen LogP contribution in [-0.4, -0.2) is 35.1 Å². The number of carbonyl (C=O) groups is 1. The van der Waals surface area contributed by atoms with Crippen LogP contribution in [0.4, 0.5) is 5.69 Å². The Morgan fingerprint density at radius 1 is 1.71 bits per heavy atom. The average Bonchev–Trinajstić information content (AvgIpc) is 2.90. The monoisotopic (exact) mass is 239 g/mol. The summed E-state index contributed by atoms with van der Waals surface area (Å²) < 4.78 is 12.0. The Bertz CT molecular complexity index is 372. The summed E-state index contributed by atoms with van der Waals surface area (Å²) in [6.07, 6.45) is 6.29. The van der Waals surface area contributed by atoms with E-state index in [1.54, 1.807) is 6.20 Å². The quantitative estimate of drug-likeness (QED) is 0.760. The van der Waals surface area contributed by atoms with E-state index in [9.17, 15) is 4.79 Å². The molecule has 1 aromatic heterocycles. The van der Waals surface area contributed by atoms with Gasteiger partial charge in [0.2, 0.25) is 0 Å². The van der Waals surface area contributed by atoms with Crippen LogP contribution in [0, 0.1) is 0 Å². The maximum absolute atomic E-state index is 11.4. The second-order valence-corrected chi connectivity index (χ2v) is 4.12. The Morgan fingerprint density at radius 2 is 2.59 bits per heavy atom. The van der Waals surface area contributed by atoms with E-state index in [1.165, 1.54) is 10.9 Å². The zero-order valence-electron chi connectivity index (χ0n) is 9.67. The van der Waals surface area contributed by atoms with Gasteiger partial charge in [0.25, 0.3) is 0 Å². The maximum atomic E-state index is 11.4. The van der Waals surface area contributed by atoms with E-state index in [4.69, 9.17) is 15.2 Å². The Morgan fingerprint density at radius 3 is 3.24 bits per heavy atom. The van der Waals surface area contributed by atoms with Gasteiger partial charge < -0.3 is 15.2 Å². The predicted molar refractivity (Wildman–Crippen MR) is 61.2 cm³/mol. The van der Waals surface area contributed by atoms with E-state index in [0.717, 1.165) is 25.9 Å². The largest absolute Gasteiger partial charge is 0.464 e. The summed E-state index contributed by atoms with van der Waals surface area (Å²) in [7, 11) is 0. The van der Waals surface area contributed by atoms with Gasteiger partial charge in [-0.3, -0.25) is 9.48 Å². The number of aromatic nitrogens is 2. The smallest absolute Gasteiger partial charge is 0.327 e. The lowest BCUT2D eigenvalue weighted by atomic mass is 10.2. The lowest BCUT2D eigenvalue weighted by Gasteiger charge is -2.09. The summed E-state index contributed by atoms with van der Waals surface area (Å²) in [4.78, 5) is 11.4. The molecule has 0 bridgehead atoms. The molecule has 1 aromatic rings. The van der Waals surface area contributed by atoms with E-state index in [-0.39, 0.29) is 18.6 Å². The van der Waals surface area contributed by atoms with E-state index in [1.807, 2.05) is 0 Å². The van der Waals surface area contributed by atoms with Gasteiger partial charge in [-0.1, -0.05) is 0 Å². The molecule has 17 heavy (non-hydrogen) atoms. The summed E-state index contributed by atoms with van der Waals surface area (Å²) in [5.74, 6) is -0.300.